The number of nitrogens with zero attached hydrogens (tertiary/aromatic N) is 1. The summed E-state index contributed by atoms with van der Waals surface area (Å²) in [5.41, 5.74) is 1.17. The number of aryl methyl sites for hydroxylation is 1. The van der Waals surface area contributed by atoms with E-state index in [0.29, 0.717) is 37.5 Å². The molecule has 26 heavy (non-hydrogen) atoms. The van der Waals surface area contributed by atoms with E-state index in [1.54, 1.807) is 43.3 Å². The summed E-state index contributed by atoms with van der Waals surface area (Å²) in [6.45, 7) is 0.838. The zero-order valence-electron chi connectivity index (χ0n) is 15.0. The number of carbonyl (C=O) groups excluding carboxylic acids is 1. The molecule has 0 aromatic heterocycles. The van der Waals surface area contributed by atoms with Gasteiger partial charge in [-0.2, -0.15) is 0 Å². The number of carboxylic acids is 1. The number of carboxylic acid groups (broad SMARTS) is 1. The van der Waals surface area contributed by atoms with Crippen molar-refractivity contribution < 1.29 is 24.2 Å². The predicted octanol–water partition coefficient (Wildman–Crippen LogP) is 2.86. The number of para-hydroxylation sites is 2. The van der Waals surface area contributed by atoms with Crippen LogP contribution in [0.5, 0.6) is 11.5 Å². The molecule has 0 aliphatic heterocycles. The summed E-state index contributed by atoms with van der Waals surface area (Å²) >= 11 is 0. The van der Waals surface area contributed by atoms with Gasteiger partial charge in [-0.05, 0) is 36.2 Å². The van der Waals surface area contributed by atoms with Crippen LogP contribution in [0, 0.1) is 0 Å². The van der Waals surface area contributed by atoms with Crippen LogP contribution in [-0.4, -0.2) is 49.2 Å². The second-order valence-electron chi connectivity index (χ2n) is 5.82. The normalized spacial score (nSPS) is 10.2. The van der Waals surface area contributed by atoms with Crippen molar-refractivity contribution in [2.45, 2.75) is 12.8 Å². The fourth-order valence-corrected chi connectivity index (χ4v) is 2.41. The SMILES string of the molecule is COc1ccccc1OCCN(C)C(=O)CCc1ccc(C(=O)O)cc1. The molecule has 0 heterocycles. The monoisotopic (exact) mass is 357 g/mol. The Morgan fingerprint density at radius 1 is 1.04 bits per heavy atom. The van der Waals surface area contributed by atoms with Gasteiger partial charge in [0.05, 0.1) is 19.2 Å². The van der Waals surface area contributed by atoms with Crippen molar-refractivity contribution in [1.29, 1.82) is 0 Å². The van der Waals surface area contributed by atoms with E-state index < -0.39 is 5.97 Å². The van der Waals surface area contributed by atoms with Gasteiger partial charge in [0.1, 0.15) is 6.61 Å². The number of ether oxygens (including phenoxy) is 2. The molecule has 1 amide bonds. The lowest BCUT2D eigenvalue weighted by molar-refractivity contribution is -0.130. The first-order chi connectivity index (χ1) is 12.5. The Kier molecular flexibility index (Phi) is 7.02. The first-order valence-electron chi connectivity index (χ1n) is 8.33. The third kappa shape index (κ3) is 5.51. The highest BCUT2D eigenvalue weighted by Gasteiger charge is 2.10. The molecular formula is C20H23NO5. The largest absolute Gasteiger partial charge is 0.493 e. The standard InChI is InChI=1S/C20H23NO5/c1-21(13-14-26-18-6-4-3-5-17(18)25-2)19(22)12-9-15-7-10-16(11-8-15)20(23)24/h3-8,10-11H,9,12-14H2,1-2H3,(H,23,24). The van der Waals surface area contributed by atoms with E-state index in [1.165, 1.54) is 0 Å². The van der Waals surface area contributed by atoms with Gasteiger partial charge >= 0.3 is 5.97 Å². The number of hydrogen-bond donors (Lipinski definition) is 1. The maximum atomic E-state index is 12.2. The van der Waals surface area contributed by atoms with E-state index in [9.17, 15) is 9.59 Å². The molecule has 0 unspecified atom stereocenters. The fraction of sp³-hybridized carbons (Fsp3) is 0.300. The molecule has 138 valence electrons. The Balaban J connectivity index is 1.76. The third-order valence-corrected chi connectivity index (χ3v) is 4.01. The molecule has 0 radical (unpaired) electrons. The summed E-state index contributed by atoms with van der Waals surface area (Å²) in [6, 6.07) is 13.9. The van der Waals surface area contributed by atoms with Crippen LogP contribution in [0.4, 0.5) is 0 Å². The van der Waals surface area contributed by atoms with Gasteiger partial charge < -0.3 is 19.5 Å². The molecule has 0 fully saturated rings. The summed E-state index contributed by atoms with van der Waals surface area (Å²) in [4.78, 5) is 24.7. The van der Waals surface area contributed by atoms with Gasteiger partial charge in [-0.1, -0.05) is 24.3 Å². The van der Waals surface area contributed by atoms with Crippen LogP contribution < -0.4 is 9.47 Å². The minimum absolute atomic E-state index is 0.0101. The molecule has 0 aliphatic rings. The molecule has 6 heteroatoms. The molecule has 0 atom stereocenters. The van der Waals surface area contributed by atoms with Crippen LogP contribution in [0.1, 0.15) is 22.3 Å². The van der Waals surface area contributed by atoms with Crippen LogP contribution in [0.2, 0.25) is 0 Å². The number of carbonyl (C=O) groups is 2. The highest BCUT2D eigenvalue weighted by molar-refractivity contribution is 5.87. The predicted molar refractivity (Wildman–Crippen MR) is 97.8 cm³/mol. The minimum Gasteiger partial charge on any atom is -0.493 e. The van der Waals surface area contributed by atoms with Gasteiger partial charge in [0.2, 0.25) is 5.91 Å². The van der Waals surface area contributed by atoms with Gasteiger partial charge in [-0.25, -0.2) is 4.79 Å². The van der Waals surface area contributed by atoms with Crippen molar-refractivity contribution in [2.75, 3.05) is 27.3 Å². The molecule has 0 saturated carbocycles. The van der Waals surface area contributed by atoms with Crippen LogP contribution >= 0.6 is 0 Å². The van der Waals surface area contributed by atoms with E-state index in [0.717, 1.165) is 5.56 Å². The van der Waals surface area contributed by atoms with Gasteiger partial charge in [0.15, 0.2) is 11.5 Å². The maximum absolute atomic E-state index is 12.2. The zero-order chi connectivity index (χ0) is 18.9. The van der Waals surface area contributed by atoms with E-state index in [1.807, 2.05) is 24.3 Å². The molecule has 0 spiro atoms. The Bertz CT molecular complexity index is 742. The van der Waals surface area contributed by atoms with Crippen molar-refractivity contribution in [3.05, 3.63) is 59.7 Å². The van der Waals surface area contributed by atoms with Crippen LogP contribution in [0.15, 0.2) is 48.5 Å². The first-order valence-corrected chi connectivity index (χ1v) is 8.33. The number of rotatable bonds is 9. The summed E-state index contributed by atoms with van der Waals surface area (Å²) < 4.78 is 10.9. The topological polar surface area (TPSA) is 76.1 Å². The number of benzene rings is 2. The van der Waals surface area contributed by atoms with E-state index in [-0.39, 0.29) is 11.5 Å². The van der Waals surface area contributed by atoms with E-state index >= 15 is 0 Å². The lowest BCUT2D eigenvalue weighted by atomic mass is 10.1. The zero-order valence-corrected chi connectivity index (χ0v) is 15.0. The van der Waals surface area contributed by atoms with Crippen LogP contribution in [0.25, 0.3) is 0 Å². The fourth-order valence-electron chi connectivity index (χ4n) is 2.41. The van der Waals surface area contributed by atoms with Crippen LogP contribution in [-0.2, 0) is 11.2 Å². The molecule has 1 N–H and O–H groups in total. The Labute approximate surface area is 153 Å². The number of aromatic carboxylic acids is 1. The van der Waals surface area contributed by atoms with Gasteiger partial charge in [0.25, 0.3) is 0 Å². The lowest BCUT2D eigenvalue weighted by Crippen LogP contribution is -2.31. The second-order valence-corrected chi connectivity index (χ2v) is 5.82. The summed E-state index contributed by atoms with van der Waals surface area (Å²) in [6.07, 6.45) is 0.925. The Morgan fingerprint density at radius 2 is 1.69 bits per heavy atom. The second kappa shape index (κ2) is 9.46. The average molecular weight is 357 g/mol. The van der Waals surface area contributed by atoms with Gasteiger partial charge in [-0.15, -0.1) is 0 Å². The lowest BCUT2D eigenvalue weighted by Gasteiger charge is -2.18. The van der Waals surface area contributed by atoms with Gasteiger partial charge in [-0.3, -0.25) is 4.79 Å². The first kappa shape index (κ1) is 19.3. The summed E-state index contributed by atoms with van der Waals surface area (Å²) in [5, 5.41) is 8.88. The van der Waals surface area contributed by atoms with Crippen molar-refractivity contribution in [2.24, 2.45) is 0 Å². The van der Waals surface area contributed by atoms with Crippen molar-refractivity contribution in [1.82, 2.24) is 4.90 Å². The number of likely N-dealkylation sites (N-methyl/N-ethyl adjacent to an activating group) is 1. The minimum atomic E-state index is -0.956. The maximum Gasteiger partial charge on any atom is 0.335 e. The van der Waals surface area contributed by atoms with E-state index in [2.05, 4.69) is 0 Å². The molecule has 0 bridgehead atoms. The number of amides is 1. The molecule has 2 rings (SSSR count). The molecule has 2 aromatic rings. The molecule has 2 aromatic carbocycles. The molecule has 0 aliphatic carbocycles. The summed E-state index contributed by atoms with van der Waals surface area (Å²) in [5.74, 6) is 0.360. The summed E-state index contributed by atoms with van der Waals surface area (Å²) in [7, 11) is 3.32. The van der Waals surface area contributed by atoms with E-state index in [4.69, 9.17) is 14.6 Å². The third-order valence-electron chi connectivity index (χ3n) is 4.01. The van der Waals surface area contributed by atoms with Gasteiger partial charge in [0, 0.05) is 13.5 Å². The molecule has 0 saturated heterocycles. The van der Waals surface area contributed by atoms with Crippen LogP contribution in [0.3, 0.4) is 0 Å². The Hall–Kier alpha value is -3.02. The quantitative estimate of drug-likeness (QED) is 0.747. The van der Waals surface area contributed by atoms with Crippen molar-refractivity contribution in [3.8, 4) is 11.5 Å². The number of hydrogen-bond acceptors (Lipinski definition) is 4. The number of methoxy groups -OCH3 is 1. The highest BCUT2D eigenvalue weighted by atomic mass is 16.5. The van der Waals surface area contributed by atoms with Crippen molar-refractivity contribution >= 4 is 11.9 Å². The smallest absolute Gasteiger partial charge is 0.335 e. The van der Waals surface area contributed by atoms with Crippen molar-refractivity contribution in [3.63, 3.8) is 0 Å². The molecule has 6 nitrogen and oxygen atoms in total. The highest BCUT2D eigenvalue weighted by Crippen LogP contribution is 2.25. The average Bonchev–Trinajstić information content (AvgIpc) is 2.66. The Morgan fingerprint density at radius 3 is 2.31 bits per heavy atom. The molecular weight excluding hydrogens is 334 g/mol.